The molecule has 124 valence electrons. The summed E-state index contributed by atoms with van der Waals surface area (Å²) in [6.07, 6.45) is -0.907. The van der Waals surface area contributed by atoms with Gasteiger partial charge >= 0.3 is 5.97 Å². The third-order valence-corrected chi connectivity index (χ3v) is 4.13. The zero-order valence-corrected chi connectivity index (χ0v) is 13.3. The lowest BCUT2D eigenvalue weighted by Gasteiger charge is -2.21. The van der Waals surface area contributed by atoms with Crippen molar-refractivity contribution in [1.82, 2.24) is 0 Å². The maximum Gasteiger partial charge on any atom is 0.305 e. The monoisotopic (exact) mass is 324 g/mol. The molecule has 0 aromatic heterocycles. The molecular formula is C19H18NO4-. The van der Waals surface area contributed by atoms with Gasteiger partial charge in [-0.15, -0.1) is 0 Å². The minimum atomic E-state index is -0.988. The Labute approximate surface area is 140 Å². The van der Waals surface area contributed by atoms with Gasteiger partial charge in [0.15, 0.2) is 0 Å². The number of aliphatic imine (C=N–C) groups is 1. The van der Waals surface area contributed by atoms with Crippen LogP contribution in [0.2, 0.25) is 0 Å². The Balaban J connectivity index is 1.76. The van der Waals surface area contributed by atoms with Gasteiger partial charge in [0.1, 0.15) is 6.08 Å². The number of aliphatic carboxylic acids is 1. The number of hydrogen-bond acceptors (Lipinski definition) is 4. The van der Waals surface area contributed by atoms with Gasteiger partial charge < -0.3 is 14.9 Å². The average Bonchev–Trinajstić information content (AvgIpc) is 2.86. The molecule has 0 saturated heterocycles. The van der Waals surface area contributed by atoms with Gasteiger partial charge in [0.25, 0.3) is 0 Å². The van der Waals surface area contributed by atoms with Crippen LogP contribution in [0.5, 0.6) is 0 Å². The molecule has 0 fully saturated rings. The Bertz CT molecular complexity index is 739. The van der Waals surface area contributed by atoms with E-state index in [-0.39, 0.29) is 18.9 Å². The van der Waals surface area contributed by atoms with Gasteiger partial charge in [-0.2, -0.15) is 0 Å². The summed E-state index contributed by atoms with van der Waals surface area (Å²) >= 11 is 0. The molecule has 0 spiro atoms. The first-order chi connectivity index (χ1) is 11.6. The normalized spacial score (nSPS) is 14.8. The van der Waals surface area contributed by atoms with E-state index in [2.05, 4.69) is 17.1 Å². The Kier molecular flexibility index (Phi) is 4.51. The van der Waals surface area contributed by atoms with E-state index < -0.39 is 18.1 Å². The van der Waals surface area contributed by atoms with Crippen molar-refractivity contribution >= 4 is 12.1 Å². The molecule has 0 unspecified atom stereocenters. The van der Waals surface area contributed by atoms with Gasteiger partial charge in [0, 0.05) is 12.5 Å². The Morgan fingerprint density at radius 2 is 1.71 bits per heavy atom. The Hall–Kier alpha value is -2.82. The molecule has 5 nitrogen and oxygen atoms in total. The minimum Gasteiger partial charge on any atom is -0.599 e. The van der Waals surface area contributed by atoms with Gasteiger partial charge in [0.05, 0.1) is 12.5 Å². The zero-order chi connectivity index (χ0) is 17.1. The van der Waals surface area contributed by atoms with Crippen molar-refractivity contribution in [3.63, 3.8) is 0 Å². The molecule has 0 aliphatic heterocycles. The standard InChI is InChI=1S/C19H19NO4/c1-12(10-18(21)22)20-19(23)24-11-17-15-8-4-2-6-13(15)14-7-3-5-9-16(14)17/h2-9,12,17H,10-11H2,1H3,(H,20,23)(H,21,22)/p-1/t12-/m0/s1. The first-order valence-corrected chi connectivity index (χ1v) is 7.84. The van der Waals surface area contributed by atoms with Crippen LogP contribution >= 0.6 is 0 Å². The van der Waals surface area contributed by atoms with Crippen molar-refractivity contribution in [2.75, 3.05) is 6.61 Å². The van der Waals surface area contributed by atoms with Crippen LogP contribution in [-0.2, 0) is 9.53 Å². The Morgan fingerprint density at radius 3 is 2.25 bits per heavy atom. The fraction of sp³-hybridized carbons (Fsp3) is 0.263. The number of rotatable bonds is 5. The van der Waals surface area contributed by atoms with Crippen LogP contribution in [0.3, 0.4) is 0 Å². The third-order valence-electron chi connectivity index (χ3n) is 4.13. The van der Waals surface area contributed by atoms with Crippen molar-refractivity contribution in [3.8, 4) is 11.1 Å². The lowest BCUT2D eigenvalue weighted by molar-refractivity contribution is -0.251. The van der Waals surface area contributed by atoms with Crippen molar-refractivity contribution < 1.29 is 19.7 Å². The number of carboxylic acid groups (broad SMARTS) is 1. The van der Waals surface area contributed by atoms with Crippen LogP contribution in [0.25, 0.3) is 11.1 Å². The summed E-state index contributed by atoms with van der Waals surface area (Å²) < 4.78 is 5.29. The SMILES string of the molecule is C[C@@H](CC(=O)O)N=C([O-])OCC1c2ccccc2-c2ccccc21. The second kappa shape index (κ2) is 6.74. The van der Waals surface area contributed by atoms with E-state index in [0.717, 1.165) is 22.3 Å². The molecule has 1 N–H and O–H groups in total. The number of hydrogen-bond donors (Lipinski definition) is 1. The van der Waals surface area contributed by atoms with E-state index in [1.54, 1.807) is 6.92 Å². The number of benzene rings is 2. The lowest BCUT2D eigenvalue weighted by atomic mass is 9.98. The Morgan fingerprint density at radius 1 is 1.17 bits per heavy atom. The maximum atomic E-state index is 11.8. The van der Waals surface area contributed by atoms with Gasteiger partial charge in [-0.3, -0.25) is 9.79 Å². The quantitative estimate of drug-likeness (QED) is 0.676. The molecule has 3 rings (SSSR count). The van der Waals surface area contributed by atoms with Gasteiger partial charge in [0.2, 0.25) is 0 Å². The molecular weight excluding hydrogens is 306 g/mol. The van der Waals surface area contributed by atoms with Crippen molar-refractivity contribution in [2.45, 2.75) is 25.3 Å². The molecule has 2 aromatic carbocycles. The van der Waals surface area contributed by atoms with Crippen LogP contribution in [0.15, 0.2) is 53.5 Å². The molecule has 24 heavy (non-hydrogen) atoms. The second-order valence-corrected chi connectivity index (χ2v) is 5.88. The van der Waals surface area contributed by atoms with E-state index in [1.807, 2.05) is 36.4 Å². The zero-order valence-electron chi connectivity index (χ0n) is 13.3. The van der Waals surface area contributed by atoms with Crippen LogP contribution in [0.1, 0.15) is 30.4 Å². The summed E-state index contributed by atoms with van der Waals surface area (Å²) in [5.74, 6) is -1.01. The van der Waals surface area contributed by atoms with E-state index in [4.69, 9.17) is 9.84 Å². The van der Waals surface area contributed by atoms with E-state index in [9.17, 15) is 9.90 Å². The molecule has 0 saturated carbocycles. The molecule has 0 amide bonds. The molecule has 1 atom stereocenters. The molecule has 0 heterocycles. The van der Waals surface area contributed by atoms with Crippen LogP contribution in [-0.4, -0.2) is 29.8 Å². The highest BCUT2D eigenvalue weighted by Gasteiger charge is 2.26. The molecule has 1 aliphatic carbocycles. The largest absolute Gasteiger partial charge is 0.599 e. The van der Waals surface area contributed by atoms with Crippen LogP contribution in [0.4, 0.5) is 0 Å². The van der Waals surface area contributed by atoms with Crippen LogP contribution in [0, 0.1) is 0 Å². The van der Waals surface area contributed by atoms with Gasteiger partial charge in [-0.25, -0.2) is 0 Å². The van der Waals surface area contributed by atoms with E-state index in [0.29, 0.717) is 0 Å². The minimum absolute atomic E-state index is 0.0219. The number of carbonyl (C=O) groups is 1. The summed E-state index contributed by atoms with van der Waals surface area (Å²) in [5.41, 5.74) is 4.57. The predicted molar refractivity (Wildman–Crippen MR) is 88.8 cm³/mol. The highest BCUT2D eigenvalue weighted by atomic mass is 16.6. The molecule has 2 aromatic rings. The molecule has 5 heteroatoms. The maximum absolute atomic E-state index is 11.8. The van der Waals surface area contributed by atoms with E-state index in [1.165, 1.54) is 0 Å². The number of carboxylic acids is 1. The number of ether oxygens (including phenoxy) is 1. The molecule has 0 bridgehead atoms. The topological polar surface area (TPSA) is 82.0 Å². The summed E-state index contributed by atoms with van der Waals surface area (Å²) in [6.45, 7) is 1.77. The lowest BCUT2D eigenvalue weighted by Crippen LogP contribution is -2.26. The fourth-order valence-electron chi connectivity index (χ4n) is 3.11. The smallest absolute Gasteiger partial charge is 0.305 e. The summed E-state index contributed by atoms with van der Waals surface area (Å²) in [4.78, 5) is 14.4. The molecule has 0 radical (unpaired) electrons. The number of fused-ring (bicyclic) bond motifs is 3. The third kappa shape index (κ3) is 3.25. The van der Waals surface area contributed by atoms with Gasteiger partial charge in [-0.1, -0.05) is 48.5 Å². The highest BCUT2D eigenvalue weighted by molar-refractivity contribution is 5.79. The van der Waals surface area contributed by atoms with Crippen molar-refractivity contribution in [2.24, 2.45) is 4.99 Å². The fourth-order valence-corrected chi connectivity index (χ4v) is 3.11. The first-order valence-electron chi connectivity index (χ1n) is 7.84. The van der Waals surface area contributed by atoms with Gasteiger partial charge in [-0.05, 0) is 29.2 Å². The van der Waals surface area contributed by atoms with Crippen molar-refractivity contribution in [1.29, 1.82) is 0 Å². The first kappa shape index (κ1) is 16.1. The summed E-state index contributed by atoms with van der Waals surface area (Å²) in [6, 6.07) is 15.5. The average molecular weight is 324 g/mol. The second-order valence-electron chi connectivity index (χ2n) is 5.88. The number of nitrogens with zero attached hydrogens (tertiary/aromatic N) is 1. The predicted octanol–water partition coefficient (Wildman–Crippen LogP) is 2.40. The summed E-state index contributed by atoms with van der Waals surface area (Å²) in [7, 11) is 0. The van der Waals surface area contributed by atoms with E-state index >= 15 is 0 Å². The van der Waals surface area contributed by atoms with Crippen LogP contribution < -0.4 is 5.11 Å². The van der Waals surface area contributed by atoms with Crippen molar-refractivity contribution in [3.05, 3.63) is 59.7 Å². The molecule has 1 aliphatic rings. The highest BCUT2D eigenvalue weighted by Crippen LogP contribution is 2.44. The summed E-state index contributed by atoms with van der Waals surface area (Å²) in [5, 5.41) is 20.5.